The first-order chi connectivity index (χ1) is 18.7. The van der Waals surface area contributed by atoms with Gasteiger partial charge in [0.05, 0.1) is 4.90 Å². The molecule has 206 valence electrons. The largest absolute Gasteiger partial charge is 0.350 e. The number of benzene rings is 3. The third kappa shape index (κ3) is 7.55. The highest BCUT2D eigenvalue weighted by Gasteiger charge is 2.28. The van der Waals surface area contributed by atoms with Crippen molar-refractivity contribution in [3.63, 3.8) is 0 Å². The summed E-state index contributed by atoms with van der Waals surface area (Å²) in [6.07, 6.45) is 2.44. The monoisotopic (exact) mass is 547 g/mol. The molecule has 1 unspecified atom stereocenters. The Hall–Kier alpha value is -3.49. The van der Waals surface area contributed by atoms with E-state index < -0.39 is 16.1 Å². The Morgan fingerprint density at radius 3 is 2.13 bits per heavy atom. The summed E-state index contributed by atoms with van der Waals surface area (Å²) in [7, 11) is -3.47. The average molecular weight is 548 g/mol. The van der Waals surface area contributed by atoms with Crippen molar-refractivity contribution in [2.45, 2.75) is 63.6 Å². The summed E-state index contributed by atoms with van der Waals surface area (Å²) < 4.78 is 27.1. The van der Waals surface area contributed by atoms with Crippen molar-refractivity contribution in [2.24, 2.45) is 0 Å². The first-order valence-electron chi connectivity index (χ1n) is 13.5. The van der Waals surface area contributed by atoms with Crippen molar-refractivity contribution in [1.29, 1.82) is 0 Å². The summed E-state index contributed by atoms with van der Waals surface area (Å²) in [5.41, 5.74) is 3.97. The SMILES string of the molecule is Cc1ccc(CNC(=O)C(C)N(Cc2ccccc2)C(=O)CCc2ccc(S(=O)(=O)N3CCCC3)cc2)cc1. The minimum atomic E-state index is -3.47. The van der Waals surface area contributed by atoms with Crippen LogP contribution in [0.25, 0.3) is 0 Å². The topological polar surface area (TPSA) is 86.8 Å². The first kappa shape index (κ1) is 28.5. The van der Waals surface area contributed by atoms with E-state index >= 15 is 0 Å². The molecular weight excluding hydrogens is 510 g/mol. The fourth-order valence-corrected chi connectivity index (χ4v) is 6.22. The predicted molar refractivity (Wildman–Crippen MR) is 152 cm³/mol. The Kier molecular flexibility index (Phi) is 9.54. The molecule has 1 fully saturated rings. The van der Waals surface area contributed by atoms with E-state index in [0.717, 1.165) is 35.1 Å². The normalized spacial score (nSPS) is 14.6. The Morgan fingerprint density at radius 2 is 1.49 bits per heavy atom. The number of nitrogens with zero attached hydrogens (tertiary/aromatic N) is 2. The molecule has 7 nitrogen and oxygen atoms in total. The van der Waals surface area contributed by atoms with Crippen LogP contribution < -0.4 is 5.32 Å². The van der Waals surface area contributed by atoms with Crippen LogP contribution in [0.1, 0.15) is 48.4 Å². The lowest BCUT2D eigenvalue weighted by atomic mass is 10.1. The van der Waals surface area contributed by atoms with Gasteiger partial charge in [-0.3, -0.25) is 9.59 Å². The van der Waals surface area contributed by atoms with Crippen LogP contribution in [0, 0.1) is 6.92 Å². The Labute approximate surface area is 231 Å². The van der Waals surface area contributed by atoms with Gasteiger partial charge >= 0.3 is 0 Å². The average Bonchev–Trinajstić information content (AvgIpc) is 3.51. The number of hydrogen-bond acceptors (Lipinski definition) is 4. The van der Waals surface area contributed by atoms with Gasteiger partial charge in [-0.25, -0.2) is 8.42 Å². The summed E-state index contributed by atoms with van der Waals surface area (Å²) in [6.45, 7) is 5.61. The minimum Gasteiger partial charge on any atom is -0.350 e. The number of sulfonamides is 1. The molecule has 1 aliphatic rings. The molecule has 2 amide bonds. The number of rotatable bonds is 11. The van der Waals surface area contributed by atoms with Crippen molar-refractivity contribution in [3.8, 4) is 0 Å². The molecule has 1 saturated heterocycles. The summed E-state index contributed by atoms with van der Waals surface area (Å²) in [6, 6.07) is 23.7. The van der Waals surface area contributed by atoms with Crippen molar-refractivity contribution in [2.75, 3.05) is 13.1 Å². The summed E-state index contributed by atoms with van der Waals surface area (Å²) in [5, 5.41) is 2.96. The second-order valence-electron chi connectivity index (χ2n) is 10.1. The number of carbonyl (C=O) groups excluding carboxylic acids is 2. The molecule has 39 heavy (non-hydrogen) atoms. The zero-order chi connectivity index (χ0) is 27.8. The maximum atomic E-state index is 13.4. The highest BCUT2D eigenvalue weighted by Crippen LogP contribution is 2.22. The van der Waals surface area contributed by atoms with Crippen molar-refractivity contribution in [3.05, 3.63) is 101 Å². The summed E-state index contributed by atoms with van der Waals surface area (Å²) >= 11 is 0. The summed E-state index contributed by atoms with van der Waals surface area (Å²) in [4.78, 5) is 28.4. The minimum absolute atomic E-state index is 0.134. The number of aryl methyl sites for hydroxylation is 2. The smallest absolute Gasteiger partial charge is 0.243 e. The van der Waals surface area contributed by atoms with Crippen LogP contribution in [0.15, 0.2) is 83.8 Å². The maximum absolute atomic E-state index is 13.4. The van der Waals surface area contributed by atoms with E-state index in [0.29, 0.717) is 32.6 Å². The lowest BCUT2D eigenvalue weighted by molar-refractivity contribution is -0.140. The van der Waals surface area contributed by atoms with E-state index in [1.165, 1.54) is 4.31 Å². The zero-order valence-electron chi connectivity index (χ0n) is 22.7. The number of hydrogen-bond donors (Lipinski definition) is 1. The van der Waals surface area contributed by atoms with Gasteiger partial charge < -0.3 is 10.2 Å². The Balaban J connectivity index is 1.40. The van der Waals surface area contributed by atoms with Crippen LogP contribution in [-0.4, -0.2) is 48.6 Å². The van der Waals surface area contributed by atoms with E-state index in [2.05, 4.69) is 5.32 Å². The summed E-state index contributed by atoms with van der Waals surface area (Å²) in [5.74, 6) is -0.345. The standard InChI is InChI=1S/C31H37N3O4S/c1-24-10-12-27(13-11-24)22-32-31(36)25(2)34(23-28-8-4-3-5-9-28)30(35)19-16-26-14-17-29(18-15-26)39(37,38)33-20-6-7-21-33/h3-5,8-15,17-18,25H,6-7,16,19-23H2,1-2H3,(H,32,36). The highest BCUT2D eigenvalue weighted by atomic mass is 32.2. The molecule has 0 spiro atoms. The second-order valence-corrected chi connectivity index (χ2v) is 12.1. The molecule has 0 aliphatic carbocycles. The van der Waals surface area contributed by atoms with E-state index in [4.69, 9.17) is 0 Å². The first-order valence-corrected chi connectivity index (χ1v) is 14.9. The van der Waals surface area contributed by atoms with Crippen LogP contribution in [0.3, 0.4) is 0 Å². The molecule has 1 atom stereocenters. The maximum Gasteiger partial charge on any atom is 0.243 e. The van der Waals surface area contributed by atoms with E-state index in [-0.39, 0.29) is 23.1 Å². The molecule has 4 rings (SSSR count). The molecule has 0 aromatic heterocycles. The third-order valence-electron chi connectivity index (χ3n) is 7.20. The molecule has 0 saturated carbocycles. The molecular formula is C31H37N3O4S. The molecule has 8 heteroatoms. The van der Waals surface area contributed by atoms with E-state index in [1.807, 2.05) is 61.5 Å². The number of amides is 2. The van der Waals surface area contributed by atoms with Crippen LogP contribution >= 0.6 is 0 Å². The molecule has 1 aliphatic heterocycles. The molecule has 3 aromatic carbocycles. The van der Waals surface area contributed by atoms with Gasteiger partial charge in [0, 0.05) is 32.6 Å². The molecule has 1 N–H and O–H groups in total. The van der Waals surface area contributed by atoms with Gasteiger partial charge in [0.15, 0.2) is 0 Å². The highest BCUT2D eigenvalue weighted by molar-refractivity contribution is 7.89. The fraction of sp³-hybridized carbons (Fsp3) is 0.355. The van der Waals surface area contributed by atoms with Gasteiger partial charge in [-0.15, -0.1) is 0 Å². The predicted octanol–water partition coefficient (Wildman–Crippen LogP) is 4.45. The van der Waals surface area contributed by atoms with E-state index in [1.54, 1.807) is 36.1 Å². The number of carbonyl (C=O) groups is 2. The van der Waals surface area contributed by atoms with Crippen LogP contribution in [-0.2, 0) is 39.1 Å². The number of nitrogens with one attached hydrogen (secondary N) is 1. The molecule has 0 bridgehead atoms. The Morgan fingerprint density at radius 1 is 0.872 bits per heavy atom. The van der Waals surface area contributed by atoms with Crippen molar-refractivity contribution in [1.82, 2.24) is 14.5 Å². The van der Waals surface area contributed by atoms with Gasteiger partial charge in [0.1, 0.15) is 6.04 Å². The van der Waals surface area contributed by atoms with Gasteiger partial charge in [0.25, 0.3) is 0 Å². The van der Waals surface area contributed by atoms with Crippen LogP contribution in [0.2, 0.25) is 0 Å². The molecule has 1 heterocycles. The van der Waals surface area contributed by atoms with Gasteiger partial charge in [-0.2, -0.15) is 4.31 Å². The van der Waals surface area contributed by atoms with Crippen molar-refractivity contribution >= 4 is 21.8 Å². The molecule has 0 radical (unpaired) electrons. The molecule has 3 aromatic rings. The van der Waals surface area contributed by atoms with Gasteiger partial charge in [0.2, 0.25) is 21.8 Å². The lowest BCUT2D eigenvalue weighted by Crippen LogP contribution is -2.47. The van der Waals surface area contributed by atoms with E-state index in [9.17, 15) is 18.0 Å². The van der Waals surface area contributed by atoms with Gasteiger partial charge in [-0.1, -0.05) is 72.3 Å². The van der Waals surface area contributed by atoms with Crippen LogP contribution in [0.4, 0.5) is 0 Å². The van der Waals surface area contributed by atoms with Crippen LogP contribution in [0.5, 0.6) is 0 Å². The Bertz CT molecular complexity index is 1350. The fourth-order valence-electron chi connectivity index (χ4n) is 4.71. The lowest BCUT2D eigenvalue weighted by Gasteiger charge is -2.29. The third-order valence-corrected chi connectivity index (χ3v) is 9.12. The van der Waals surface area contributed by atoms with Gasteiger partial charge in [-0.05, 0) is 61.9 Å². The second kappa shape index (κ2) is 13.0. The zero-order valence-corrected chi connectivity index (χ0v) is 23.5. The quantitative estimate of drug-likeness (QED) is 0.384. The van der Waals surface area contributed by atoms with Crippen molar-refractivity contribution < 1.29 is 18.0 Å².